The first kappa shape index (κ1) is 8.37. The van der Waals surface area contributed by atoms with Crippen molar-refractivity contribution >= 4 is 11.8 Å². The van der Waals surface area contributed by atoms with E-state index in [9.17, 15) is 0 Å². The van der Waals surface area contributed by atoms with Crippen LogP contribution in [0.2, 0.25) is 0 Å². The van der Waals surface area contributed by atoms with Crippen LogP contribution in [0.5, 0.6) is 0 Å². The molecular weight excluding hydrogens is 146 g/mol. The minimum atomic E-state index is 0.305. The number of hydrogen-bond acceptors (Lipinski definition) is 3. The molecule has 2 N–H and O–H groups in total. The predicted molar refractivity (Wildman–Crippen MR) is 45.3 cm³/mol. The van der Waals surface area contributed by atoms with Crippen molar-refractivity contribution in [2.75, 3.05) is 31.8 Å². The van der Waals surface area contributed by atoms with Crippen molar-refractivity contribution in [3.05, 3.63) is 0 Å². The SMILES string of the molecule is COCC1(CN)CCSC1. The molecule has 1 aliphatic heterocycles. The Labute approximate surface area is 66.5 Å². The molecule has 1 saturated heterocycles. The van der Waals surface area contributed by atoms with Gasteiger partial charge in [-0.15, -0.1) is 0 Å². The van der Waals surface area contributed by atoms with Crippen LogP contribution in [0.25, 0.3) is 0 Å². The average molecular weight is 161 g/mol. The molecule has 1 unspecified atom stereocenters. The molecule has 1 heterocycles. The van der Waals surface area contributed by atoms with E-state index in [0.29, 0.717) is 5.41 Å². The highest BCUT2D eigenvalue weighted by Gasteiger charge is 2.32. The van der Waals surface area contributed by atoms with E-state index in [2.05, 4.69) is 0 Å². The van der Waals surface area contributed by atoms with Gasteiger partial charge in [0, 0.05) is 24.8 Å². The molecule has 0 saturated carbocycles. The smallest absolute Gasteiger partial charge is 0.0538 e. The lowest BCUT2D eigenvalue weighted by atomic mass is 9.89. The van der Waals surface area contributed by atoms with Crippen LogP contribution >= 0.6 is 11.8 Å². The zero-order chi connectivity index (χ0) is 7.45. The molecule has 0 aromatic carbocycles. The largest absolute Gasteiger partial charge is 0.384 e. The summed E-state index contributed by atoms with van der Waals surface area (Å²) in [7, 11) is 1.75. The third-order valence-corrected chi connectivity index (χ3v) is 3.38. The first-order valence-electron chi connectivity index (χ1n) is 3.60. The molecule has 0 bridgehead atoms. The van der Waals surface area contributed by atoms with E-state index in [1.807, 2.05) is 11.8 Å². The highest BCUT2D eigenvalue weighted by atomic mass is 32.2. The molecule has 0 aliphatic carbocycles. The third-order valence-electron chi connectivity index (χ3n) is 2.07. The fraction of sp³-hybridized carbons (Fsp3) is 1.00. The van der Waals surface area contributed by atoms with E-state index in [1.54, 1.807) is 7.11 Å². The fourth-order valence-electron chi connectivity index (χ4n) is 1.29. The molecule has 1 aliphatic rings. The van der Waals surface area contributed by atoms with Crippen LogP contribution in [0.3, 0.4) is 0 Å². The van der Waals surface area contributed by atoms with Crippen molar-refractivity contribution in [2.24, 2.45) is 11.1 Å². The van der Waals surface area contributed by atoms with Gasteiger partial charge in [0.2, 0.25) is 0 Å². The lowest BCUT2D eigenvalue weighted by Gasteiger charge is -2.24. The number of nitrogens with two attached hydrogens (primary N) is 1. The zero-order valence-electron chi connectivity index (χ0n) is 6.43. The summed E-state index contributed by atoms with van der Waals surface area (Å²) in [6.45, 7) is 1.60. The van der Waals surface area contributed by atoms with Gasteiger partial charge in [-0.05, 0) is 12.2 Å². The second-order valence-electron chi connectivity index (χ2n) is 2.94. The molecule has 2 nitrogen and oxygen atoms in total. The highest BCUT2D eigenvalue weighted by Crippen LogP contribution is 2.34. The van der Waals surface area contributed by atoms with Crippen LogP contribution in [0.1, 0.15) is 6.42 Å². The quantitative estimate of drug-likeness (QED) is 0.662. The lowest BCUT2D eigenvalue weighted by Crippen LogP contribution is -2.34. The molecule has 1 rings (SSSR count). The summed E-state index contributed by atoms with van der Waals surface area (Å²) in [5.41, 5.74) is 5.97. The average Bonchev–Trinajstić information content (AvgIpc) is 2.39. The maximum atomic E-state index is 5.66. The van der Waals surface area contributed by atoms with Gasteiger partial charge in [-0.3, -0.25) is 0 Å². The molecule has 0 amide bonds. The molecular formula is C7H15NOS. The summed E-state index contributed by atoms with van der Waals surface area (Å²) >= 11 is 1.99. The Morgan fingerprint density at radius 3 is 2.90 bits per heavy atom. The number of rotatable bonds is 3. The van der Waals surface area contributed by atoms with Crippen molar-refractivity contribution in [3.63, 3.8) is 0 Å². The Hall–Kier alpha value is 0.270. The molecule has 1 fully saturated rings. The molecule has 3 heteroatoms. The molecule has 60 valence electrons. The van der Waals surface area contributed by atoms with Crippen LogP contribution in [0.4, 0.5) is 0 Å². The van der Waals surface area contributed by atoms with Gasteiger partial charge in [0.15, 0.2) is 0 Å². The van der Waals surface area contributed by atoms with Crippen LogP contribution in [0, 0.1) is 5.41 Å². The van der Waals surface area contributed by atoms with Gasteiger partial charge in [0.1, 0.15) is 0 Å². The Kier molecular flexibility index (Phi) is 3.01. The van der Waals surface area contributed by atoms with E-state index in [-0.39, 0.29) is 0 Å². The monoisotopic (exact) mass is 161 g/mol. The Bertz CT molecular complexity index is 102. The predicted octanol–water partition coefficient (Wildman–Crippen LogP) is 0.715. The molecule has 0 aromatic heterocycles. The highest BCUT2D eigenvalue weighted by molar-refractivity contribution is 7.99. The molecule has 0 radical (unpaired) electrons. The number of ether oxygens (including phenoxy) is 1. The van der Waals surface area contributed by atoms with Crippen LogP contribution in [-0.4, -0.2) is 31.8 Å². The minimum absolute atomic E-state index is 0.305. The summed E-state index contributed by atoms with van der Waals surface area (Å²) < 4.78 is 5.13. The van der Waals surface area contributed by atoms with Gasteiger partial charge in [0.25, 0.3) is 0 Å². The van der Waals surface area contributed by atoms with Gasteiger partial charge in [-0.2, -0.15) is 11.8 Å². The topological polar surface area (TPSA) is 35.2 Å². The summed E-state index contributed by atoms with van der Waals surface area (Å²) in [6.07, 6.45) is 1.22. The van der Waals surface area contributed by atoms with Gasteiger partial charge in [-0.1, -0.05) is 0 Å². The zero-order valence-corrected chi connectivity index (χ0v) is 7.25. The van der Waals surface area contributed by atoms with Crippen molar-refractivity contribution < 1.29 is 4.74 Å². The first-order chi connectivity index (χ1) is 4.83. The third kappa shape index (κ3) is 1.65. The van der Waals surface area contributed by atoms with E-state index in [1.165, 1.54) is 17.9 Å². The van der Waals surface area contributed by atoms with Crippen molar-refractivity contribution in [2.45, 2.75) is 6.42 Å². The first-order valence-corrected chi connectivity index (χ1v) is 4.75. The molecule has 0 aromatic rings. The van der Waals surface area contributed by atoms with Crippen LogP contribution < -0.4 is 5.73 Å². The van der Waals surface area contributed by atoms with Gasteiger partial charge < -0.3 is 10.5 Å². The minimum Gasteiger partial charge on any atom is -0.384 e. The number of hydrogen-bond donors (Lipinski definition) is 1. The van der Waals surface area contributed by atoms with Crippen molar-refractivity contribution in [3.8, 4) is 0 Å². The summed E-state index contributed by atoms with van der Waals surface area (Å²) in [4.78, 5) is 0. The van der Waals surface area contributed by atoms with Crippen LogP contribution in [0.15, 0.2) is 0 Å². The van der Waals surface area contributed by atoms with E-state index < -0.39 is 0 Å². The van der Waals surface area contributed by atoms with Crippen molar-refractivity contribution in [1.82, 2.24) is 0 Å². The van der Waals surface area contributed by atoms with Crippen molar-refractivity contribution in [1.29, 1.82) is 0 Å². The standard InChI is InChI=1S/C7H15NOS/c1-9-5-7(4-8)2-3-10-6-7/h2-6,8H2,1H3. The second kappa shape index (κ2) is 3.60. The lowest BCUT2D eigenvalue weighted by molar-refractivity contribution is 0.102. The summed E-state index contributed by atoms with van der Waals surface area (Å²) in [5, 5.41) is 0. The number of thioether (sulfide) groups is 1. The Morgan fingerprint density at radius 1 is 1.70 bits per heavy atom. The van der Waals surface area contributed by atoms with Gasteiger partial charge in [0.05, 0.1) is 6.61 Å². The van der Waals surface area contributed by atoms with Crippen LogP contribution in [-0.2, 0) is 4.74 Å². The second-order valence-corrected chi connectivity index (χ2v) is 4.04. The normalized spacial score (nSPS) is 33.0. The Morgan fingerprint density at radius 2 is 2.50 bits per heavy atom. The summed E-state index contributed by atoms with van der Waals surface area (Å²) in [6, 6.07) is 0. The Balaban J connectivity index is 2.41. The fourth-order valence-corrected chi connectivity index (χ4v) is 2.79. The maximum absolute atomic E-state index is 5.66. The molecule has 0 spiro atoms. The van der Waals surface area contributed by atoms with E-state index in [4.69, 9.17) is 10.5 Å². The van der Waals surface area contributed by atoms with Gasteiger partial charge >= 0.3 is 0 Å². The van der Waals surface area contributed by atoms with E-state index in [0.717, 1.165) is 13.2 Å². The molecule has 1 atom stereocenters. The van der Waals surface area contributed by atoms with E-state index >= 15 is 0 Å². The maximum Gasteiger partial charge on any atom is 0.0538 e. The molecule has 10 heavy (non-hydrogen) atoms. The number of methoxy groups -OCH3 is 1. The van der Waals surface area contributed by atoms with Gasteiger partial charge in [-0.25, -0.2) is 0 Å². The summed E-state index contributed by atoms with van der Waals surface area (Å²) in [5.74, 6) is 2.43.